The van der Waals surface area contributed by atoms with Crippen LogP contribution in [0, 0.1) is 17.0 Å². The quantitative estimate of drug-likeness (QED) is 0.442. The number of nitro groups is 1. The van der Waals surface area contributed by atoms with Crippen LogP contribution in [0.1, 0.15) is 5.56 Å². The Bertz CT molecular complexity index is 1140. The van der Waals surface area contributed by atoms with Crippen LogP contribution in [-0.4, -0.2) is 24.5 Å². The van der Waals surface area contributed by atoms with Gasteiger partial charge in [-0.15, -0.1) is 10.2 Å². The fourth-order valence-corrected chi connectivity index (χ4v) is 2.86. The van der Waals surface area contributed by atoms with Crippen LogP contribution < -0.4 is 5.32 Å². The maximum absolute atomic E-state index is 11.1. The summed E-state index contributed by atoms with van der Waals surface area (Å²) in [6.07, 6.45) is 1.57. The topological polar surface area (TPSA) is 98.2 Å². The molecule has 0 fully saturated rings. The monoisotopic (exact) mass is 354 g/mol. The average Bonchev–Trinajstić information content (AvgIpc) is 3.07. The van der Waals surface area contributed by atoms with Gasteiger partial charge in [0.05, 0.1) is 21.5 Å². The lowest BCUT2D eigenvalue weighted by Crippen LogP contribution is -2.02. The lowest BCUT2D eigenvalue weighted by Gasteiger charge is -2.11. The van der Waals surface area contributed by atoms with Crippen molar-refractivity contribution in [2.24, 2.45) is 0 Å². The molecule has 8 nitrogen and oxygen atoms in total. The van der Waals surface area contributed by atoms with E-state index in [2.05, 4.69) is 20.5 Å². The Morgan fingerprint density at radius 1 is 1.28 bits per heavy atom. The van der Waals surface area contributed by atoms with Gasteiger partial charge in [-0.3, -0.25) is 14.5 Å². The normalized spacial score (nSPS) is 11.1. The number of aromatic nitrogens is 4. The number of nitrogens with one attached hydrogen (secondary N) is 1. The van der Waals surface area contributed by atoms with Gasteiger partial charge in [0.15, 0.2) is 5.82 Å². The van der Waals surface area contributed by atoms with Gasteiger partial charge in [-0.2, -0.15) is 0 Å². The van der Waals surface area contributed by atoms with Crippen molar-refractivity contribution in [1.82, 2.24) is 19.6 Å². The third kappa shape index (κ3) is 2.52. The van der Waals surface area contributed by atoms with Crippen molar-refractivity contribution in [1.29, 1.82) is 0 Å². The van der Waals surface area contributed by atoms with E-state index < -0.39 is 4.92 Å². The minimum Gasteiger partial charge on any atom is -0.337 e. The molecular weight excluding hydrogens is 344 g/mol. The second kappa shape index (κ2) is 5.67. The Labute approximate surface area is 146 Å². The van der Waals surface area contributed by atoms with E-state index in [1.807, 2.05) is 0 Å². The Morgan fingerprint density at radius 2 is 2.12 bits per heavy atom. The van der Waals surface area contributed by atoms with Crippen molar-refractivity contribution >= 4 is 45.5 Å². The molecule has 0 bridgehead atoms. The maximum Gasteiger partial charge on any atom is 0.274 e. The zero-order valence-corrected chi connectivity index (χ0v) is 13.7. The number of hydrogen-bond donors (Lipinski definition) is 1. The molecule has 25 heavy (non-hydrogen) atoms. The van der Waals surface area contributed by atoms with Crippen LogP contribution in [0.25, 0.3) is 16.7 Å². The smallest absolute Gasteiger partial charge is 0.274 e. The highest BCUT2D eigenvalue weighted by Crippen LogP contribution is 2.30. The number of rotatable bonds is 3. The largest absolute Gasteiger partial charge is 0.337 e. The first-order valence-corrected chi connectivity index (χ1v) is 7.72. The van der Waals surface area contributed by atoms with Crippen LogP contribution >= 0.6 is 11.6 Å². The number of nitrogens with zero attached hydrogens (tertiary/aromatic N) is 5. The first kappa shape index (κ1) is 15.3. The van der Waals surface area contributed by atoms with Gasteiger partial charge in [0, 0.05) is 16.8 Å². The third-order valence-corrected chi connectivity index (χ3v) is 4.18. The van der Waals surface area contributed by atoms with E-state index in [9.17, 15) is 10.1 Å². The first-order valence-electron chi connectivity index (χ1n) is 7.34. The van der Waals surface area contributed by atoms with E-state index in [1.54, 1.807) is 48.0 Å². The van der Waals surface area contributed by atoms with Crippen LogP contribution in [0.15, 0.2) is 42.7 Å². The molecular formula is C16H11ClN6O2. The second-order valence-corrected chi connectivity index (χ2v) is 5.89. The molecule has 0 spiro atoms. The van der Waals surface area contributed by atoms with E-state index in [1.165, 1.54) is 6.07 Å². The molecule has 0 atom stereocenters. The summed E-state index contributed by atoms with van der Waals surface area (Å²) in [5, 5.41) is 22.9. The number of nitro benzene ring substituents is 1. The summed E-state index contributed by atoms with van der Waals surface area (Å²) in [6, 6.07) is 10.2. The van der Waals surface area contributed by atoms with Gasteiger partial charge in [-0.1, -0.05) is 17.7 Å². The number of fused-ring (bicyclic) bond motifs is 3. The lowest BCUT2D eigenvalue weighted by molar-refractivity contribution is -0.385. The molecule has 1 N–H and O–H groups in total. The van der Waals surface area contributed by atoms with Crippen molar-refractivity contribution in [3.05, 3.63) is 63.4 Å². The van der Waals surface area contributed by atoms with Crippen molar-refractivity contribution in [3.8, 4) is 0 Å². The summed E-state index contributed by atoms with van der Waals surface area (Å²) in [5.41, 5.74) is 3.11. The molecule has 4 aromatic rings. The Hall–Kier alpha value is -3.26. The number of hydrogen-bond acceptors (Lipinski definition) is 6. The summed E-state index contributed by atoms with van der Waals surface area (Å²) in [5.74, 6) is 0.455. The molecule has 0 aliphatic rings. The fourth-order valence-electron chi connectivity index (χ4n) is 2.70. The summed E-state index contributed by atoms with van der Waals surface area (Å²) in [7, 11) is 0. The van der Waals surface area contributed by atoms with E-state index in [0.717, 1.165) is 5.52 Å². The predicted molar refractivity (Wildman–Crippen MR) is 94.4 cm³/mol. The van der Waals surface area contributed by atoms with E-state index >= 15 is 0 Å². The van der Waals surface area contributed by atoms with Crippen molar-refractivity contribution in [2.45, 2.75) is 6.92 Å². The minimum absolute atomic E-state index is 0.0371. The predicted octanol–water partition coefficient (Wildman–Crippen LogP) is 3.89. The van der Waals surface area contributed by atoms with Crippen LogP contribution in [0.2, 0.25) is 5.02 Å². The van der Waals surface area contributed by atoms with Gasteiger partial charge in [0.25, 0.3) is 5.69 Å². The van der Waals surface area contributed by atoms with Gasteiger partial charge in [-0.05, 0) is 31.2 Å². The molecule has 0 amide bonds. The van der Waals surface area contributed by atoms with E-state index in [4.69, 9.17) is 11.6 Å². The van der Waals surface area contributed by atoms with Crippen LogP contribution in [0.3, 0.4) is 0 Å². The molecule has 0 unspecified atom stereocenters. The number of benzene rings is 2. The molecule has 0 aliphatic carbocycles. The van der Waals surface area contributed by atoms with Gasteiger partial charge in [-0.25, -0.2) is 4.98 Å². The molecule has 0 saturated carbocycles. The molecule has 2 aromatic heterocycles. The summed E-state index contributed by atoms with van der Waals surface area (Å²) < 4.78 is 1.77. The van der Waals surface area contributed by atoms with Crippen molar-refractivity contribution < 1.29 is 4.92 Å². The average molecular weight is 355 g/mol. The van der Waals surface area contributed by atoms with Crippen molar-refractivity contribution in [3.63, 3.8) is 0 Å². The SMILES string of the molecule is Cc1c(Nc2nc3ccc(Cl)cc3n3cnnc23)cccc1[N+](=O)[O-]. The Morgan fingerprint density at radius 3 is 2.92 bits per heavy atom. The summed E-state index contributed by atoms with van der Waals surface area (Å²) in [6.45, 7) is 1.68. The highest BCUT2D eigenvalue weighted by molar-refractivity contribution is 6.31. The van der Waals surface area contributed by atoms with E-state index in [0.29, 0.717) is 33.3 Å². The van der Waals surface area contributed by atoms with Gasteiger partial charge < -0.3 is 5.32 Å². The fraction of sp³-hybridized carbons (Fsp3) is 0.0625. The molecule has 124 valence electrons. The molecule has 0 aliphatic heterocycles. The minimum atomic E-state index is -0.414. The van der Waals surface area contributed by atoms with Gasteiger partial charge >= 0.3 is 0 Å². The molecule has 4 rings (SSSR count). The molecule has 9 heteroatoms. The van der Waals surface area contributed by atoms with Gasteiger partial charge in [0.2, 0.25) is 5.65 Å². The molecule has 2 aromatic carbocycles. The van der Waals surface area contributed by atoms with Crippen molar-refractivity contribution in [2.75, 3.05) is 5.32 Å². The Balaban J connectivity index is 1.90. The van der Waals surface area contributed by atoms with E-state index in [-0.39, 0.29) is 5.69 Å². The zero-order valence-electron chi connectivity index (χ0n) is 13.0. The third-order valence-electron chi connectivity index (χ3n) is 3.94. The Kier molecular flexibility index (Phi) is 3.47. The van der Waals surface area contributed by atoms with Crippen LogP contribution in [0.4, 0.5) is 17.2 Å². The molecule has 0 radical (unpaired) electrons. The van der Waals surface area contributed by atoms with Crippen LogP contribution in [-0.2, 0) is 0 Å². The van der Waals surface area contributed by atoms with Crippen LogP contribution in [0.5, 0.6) is 0 Å². The number of halogens is 1. The second-order valence-electron chi connectivity index (χ2n) is 5.45. The summed E-state index contributed by atoms with van der Waals surface area (Å²) in [4.78, 5) is 15.3. The zero-order chi connectivity index (χ0) is 17.6. The highest BCUT2D eigenvalue weighted by Gasteiger charge is 2.16. The summed E-state index contributed by atoms with van der Waals surface area (Å²) >= 11 is 6.06. The van der Waals surface area contributed by atoms with Gasteiger partial charge in [0.1, 0.15) is 6.33 Å². The first-order chi connectivity index (χ1) is 12.0. The lowest BCUT2D eigenvalue weighted by atomic mass is 10.1. The molecule has 0 saturated heterocycles. The highest BCUT2D eigenvalue weighted by atomic mass is 35.5. The molecule has 2 heterocycles. The maximum atomic E-state index is 11.1. The standard InChI is InChI=1S/C16H11ClN6O2/c1-9-11(3-2-4-13(9)23(24)25)19-15-16-21-18-8-22(16)14-7-10(17)5-6-12(14)20-15/h2-8H,1H3,(H,19,20). The number of anilines is 2.